The van der Waals surface area contributed by atoms with Gasteiger partial charge in [-0.25, -0.2) is 0 Å². The number of rotatable bonds is 5. The maximum Gasteiger partial charge on any atom is 0.272 e. The molecule has 1 aliphatic rings. The van der Waals surface area contributed by atoms with Crippen LogP contribution in [-0.2, 0) is 6.54 Å². The van der Waals surface area contributed by atoms with E-state index >= 15 is 0 Å². The first-order valence-corrected chi connectivity index (χ1v) is 8.74. The van der Waals surface area contributed by atoms with Crippen LogP contribution < -0.4 is 5.32 Å². The minimum atomic E-state index is -0.0686. The van der Waals surface area contributed by atoms with Crippen molar-refractivity contribution < 1.29 is 4.79 Å². The summed E-state index contributed by atoms with van der Waals surface area (Å²) in [7, 11) is 0. The van der Waals surface area contributed by atoms with Crippen molar-refractivity contribution in [3.8, 4) is 0 Å². The summed E-state index contributed by atoms with van der Waals surface area (Å²) < 4.78 is 1.82. The summed E-state index contributed by atoms with van der Waals surface area (Å²) in [5.41, 5.74) is 1.82. The molecule has 128 valence electrons. The van der Waals surface area contributed by atoms with Crippen molar-refractivity contribution in [2.45, 2.75) is 45.3 Å². The van der Waals surface area contributed by atoms with Crippen LogP contribution >= 0.6 is 0 Å². The van der Waals surface area contributed by atoms with Crippen LogP contribution in [0, 0.1) is 0 Å². The third kappa shape index (κ3) is 4.23. The van der Waals surface area contributed by atoms with E-state index in [4.69, 9.17) is 0 Å². The summed E-state index contributed by atoms with van der Waals surface area (Å²) in [4.78, 5) is 14.8. The summed E-state index contributed by atoms with van der Waals surface area (Å²) in [6.07, 6.45) is 4.00. The fourth-order valence-electron chi connectivity index (χ4n) is 3.16. The van der Waals surface area contributed by atoms with Crippen LogP contribution in [0.4, 0.5) is 0 Å². The lowest BCUT2D eigenvalue weighted by atomic mass is 10.0. The Morgan fingerprint density at radius 2 is 2.08 bits per heavy atom. The molecule has 0 spiro atoms. The highest BCUT2D eigenvalue weighted by Gasteiger charge is 2.22. The van der Waals surface area contributed by atoms with Crippen molar-refractivity contribution in [2.75, 3.05) is 13.1 Å². The van der Waals surface area contributed by atoms with Gasteiger partial charge in [0.1, 0.15) is 5.69 Å². The van der Waals surface area contributed by atoms with Gasteiger partial charge in [-0.3, -0.25) is 14.4 Å². The van der Waals surface area contributed by atoms with Gasteiger partial charge in [0.2, 0.25) is 0 Å². The maximum atomic E-state index is 12.4. The third-order valence-electron chi connectivity index (χ3n) is 4.46. The average molecular weight is 326 g/mol. The largest absolute Gasteiger partial charge is 0.347 e. The van der Waals surface area contributed by atoms with Gasteiger partial charge in [0, 0.05) is 31.4 Å². The number of piperidine rings is 1. The predicted octanol–water partition coefficient (Wildman–Crippen LogP) is 2.86. The fourth-order valence-corrected chi connectivity index (χ4v) is 3.16. The van der Waals surface area contributed by atoms with Gasteiger partial charge >= 0.3 is 0 Å². The van der Waals surface area contributed by atoms with E-state index in [0.717, 1.165) is 32.5 Å². The van der Waals surface area contributed by atoms with Crippen molar-refractivity contribution in [2.24, 2.45) is 0 Å². The predicted molar refractivity (Wildman–Crippen MR) is 94.8 cm³/mol. The van der Waals surface area contributed by atoms with E-state index in [-0.39, 0.29) is 18.0 Å². The topological polar surface area (TPSA) is 50.2 Å². The zero-order valence-electron chi connectivity index (χ0n) is 14.5. The zero-order chi connectivity index (χ0) is 16.9. The van der Waals surface area contributed by atoms with E-state index in [1.807, 2.05) is 16.9 Å². The van der Waals surface area contributed by atoms with Gasteiger partial charge < -0.3 is 5.32 Å². The number of hydrogen-bond acceptors (Lipinski definition) is 3. The molecular weight excluding hydrogens is 300 g/mol. The van der Waals surface area contributed by atoms with Crippen molar-refractivity contribution >= 4 is 5.91 Å². The number of carbonyl (C=O) groups excluding carboxylic acids is 1. The lowest BCUT2D eigenvalue weighted by Gasteiger charge is -2.33. The van der Waals surface area contributed by atoms with Crippen molar-refractivity contribution in [1.29, 1.82) is 0 Å². The van der Waals surface area contributed by atoms with E-state index in [2.05, 4.69) is 53.4 Å². The van der Waals surface area contributed by atoms with Crippen LogP contribution in [0.1, 0.15) is 48.8 Å². The molecule has 1 amide bonds. The highest BCUT2D eigenvalue weighted by Crippen LogP contribution is 2.14. The molecule has 1 aromatic carbocycles. The quantitative estimate of drug-likeness (QED) is 0.919. The second-order valence-corrected chi connectivity index (χ2v) is 6.81. The van der Waals surface area contributed by atoms with Gasteiger partial charge in [0.15, 0.2) is 0 Å². The third-order valence-corrected chi connectivity index (χ3v) is 4.46. The monoisotopic (exact) mass is 326 g/mol. The number of likely N-dealkylation sites (tertiary alicyclic amines) is 1. The van der Waals surface area contributed by atoms with Crippen molar-refractivity contribution in [3.63, 3.8) is 0 Å². The highest BCUT2D eigenvalue weighted by molar-refractivity contribution is 5.92. The first-order valence-electron chi connectivity index (χ1n) is 8.74. The molecule has 5 nitrogen and oxygen atoms in total. The van der Waals surface area contributed by atoms with Crippen LogP contribution in [0.5, 0.6) is 0 Å². The average Bonchev–Trinajstić information content (AvgIpc) is 3.06. The Bertz CT molecular complexity index is 665. The summed E-state index contributed by atoms with van der Waals surface area (Å²) >= 11 is 0. The number of benzene rings is 1. The molecule has 1 unspecified atom stereocenters. The van der Waals surface area contributed by atoms with Gasteiger partial charge in [-0.1, -0.05) is 30.3 Å². The lowest BCUT2D eigenvalue weighted by molar-refractivity contribution is 0.0894. The van der Waals surface area contributed by atoms with E-state index in [1.54, 1.807) is 6.07 Å². The van der Waals surface area contributed by atoms with E-state index < -0.39 is 0 Å². The number of nitrogens with zero attached hydrogens (tertiary/aromatic N) is 3. The van der Waals surface area contributed by atoms with Crippen LogP contribution in [0.15, 0.2) is 42.6 Å². The number of amides is 1. The molecule has 2 aromatic rings. The maximum absolute atomic E-state index is 12.4. The molecular formula is C19H26N4O. The Kier molecular flexibility index (Phi) is 5.30. The van der Waals surface area contributed by atoms with Gasteiger partial charge in [-0.05, 0) is 44.9 Å². The zero-order valence-corrected chi connectivity index (χ0v) is 14.5. The van der Waals surface area contributed by atoms with Gasteiger partial charge in [0.25, 0.3) is 5.91 Å². The molecule has 1 aliphatic heterocycles. The molecule has 0 aliphatic carbocycles. The van der Waals surface area contributed by atoms with Crippen molar-refractivity contribution in [3.05, 3.63) is 53.9 Å². The molecule has 1 saturated heterocycles. The fraction of sp³-hybridized carbons (Fsp3) is 0.474. The second-order valence-electron chi connectivity index (χ2n) is 6.81. The van der Waals surface area contributed by atoms with Crippen LogP contribution in [0.25, 0.3) is 0 Å². The smallest absolute Gasteiger partial charge is 0.272 e. The molecule has 3 rings (SSSR count). The summed E-state index contributed by atoms with van der Waals surface area (Å²) in [6.45, 7) is 7.03. The summed E-state index contributed by atoms with van der Waals surface area (Å²) in [5.74, 6) is -0.0686. The Balaban J connectivity index is 1.55. The Labute approximate surface area is 143 Å². The number of hydrogen-bond donors (Lipinski definition) is 1. The van der Waals surface area contributed by atoms with Crippen LogP contribution in [0.2, 0.25) is 0 Å². The second kappa shape index (κ2) is 7.62. The summed E-state index contributed by atoms with van der Waals surface area (Å²) in [6, 6.07) is 12.7. The molecule has 2 heterocycles. The van der Waals surface area contributed by atoms with E-state index in [9.17, 15) is 4.79 Å². The van der Waals surface area contributed by atoms with E-state index in [1.165, 1.54) is 5.56 Å². The number of carbonyl (C=O) groups is 1. The summed E-state index contributed by atoms with van der Waals surface area (Å²) in [5, 5.41) is 7.50. The Morgan fingerprint density at radius 3 is 2.79 bits per heavy atom. The molecule has 1 atom stereocenters. The molecule has 1 aromatic heterocycles. The number of aromatic nitrogens is 2. The molecule has 5 heteroatoms. The Hall–Kier alpha value is -2.14. The van der Waals surface area contributed by atoms with Crippen LogP contribution in [0.3, 0.4) is 0 Å². The minimum absolute atomic E-state index is 0.0686. The van der Waals surface area contributed by atoms with Gasteiger partial charge in [-0.2, -0.15) is 5.10 Å². The minimum Gasteiger partial charge on any atom is -0.347 e. The first kappa shape index (κ1) is 16.7. The van der Waals surface area contributed by atoms with Gasteiger partial charge in [-0.15, -0.1) is 0 Å². The molecule has 1 fully saturated rings. The molecule has 1 N–H and O–H groups in total. The molecule has 0 radical (unpaired) electrons. The number of nitrogens with one attached hydrogen (secondary N) is 1. The van der Waals surface area contributed by atoms with Gasteiger partial charge in [0.05, 0.1) is 0 Å². The SMILES string of the molecule is CC(C)n1ccc(C(=O)NC2CCCN(Cc3ccccc3)C2)n1. The molecule has 24 heavy (non-hydrogen) atoms. The molecule has 0 saturated carbocycles. The Morgan fingerprint density at radius 1 is 1.29 bits per heavy atom. The van der Waals surface area contributed by atoms with Crippen molar-refractivity contribution in [1.82, 2.24) is 20.0 Å². The molecule has 0 bridgehead atoms. The van der Waals surface area contributed by atoms with E-state index in [0.29, 0.717) is 5.69 Å². The normalized spacial score (nSPS) is 18.7. The first-order chi connectivity index (χ1) is 11.6. The standard InChI is InChI=1S/C19H26N4O/c1-15(2)23-12-10-18(21-23)19(24)20-17-9-6-11-22(14-17)13-16-7-4-3-5-8-16/h3-5,7-8,10,12,15,17H,6,9,11,13-14H2,1-2H3,(H,20,24). The lowest BCUT2D eigenvalue weighted by Crippen LogP contribution is -2.47. The van der Waals surface area contributed by atoms with Crippen LogP contribution in [-0.4, -0.2) is 39.7 Å². The highest BCUT2D eigenvalue weighted by atomic mass is 16.2.